The number of aromatic nitrogens is 2. The Hall–Kier alpha value is -2.63. The van der Waals surface area contributed by atoms with Crippen LogP contribution in [0.3, 0.4) is 0 Å². The number of aromatic carboxylic acids is 1. The third-order valence-electron chi connectivity index (χ3n) is 2.88. The molecular formula is C14H14N2O4. The lowest BCUT2D eigenvalue weighted by Gasteiger charge is -2.12. The van der Waals surface area contributed by atoms with Crippen molar-refractivity contribution >= 4 is 5.97 Å². The Morgan fingerprint density at radius 3 is 2.40 bits per heavy atom. The third-order valence-corrected chi connectivity index (χ3v) is 2.88. The van der Waals surface area contributed by atoms with Gasteiger partial charge in [-0.05, 0) is 30.7 Å². The minimum Gasteiger partial charge on any atom is -0.496 e. The monoisotopic (exact) mass is 274 g/mol. The molecule has 6 nitrogen and oxygen atoms in total. The number of carboxylic acid groups (broad SMARTS) is 1. The average Bonchev–Trinajstić information content (AvgIpc) is 2.46. The second kappa shape index (κ2) is 5.56. The largest absolute Gasteiger partial charge is 0.496 e. The molecule has 2 aromatic rings. The fourth-order valence-corrected chi connectivity index (χ4v) is 1.87. The molecule has 0 saturated heterocycles. The zero-order valence-electron chi connectivity index (χ0n) is 11.4. The number of methoxy groups -OCH3 is 2. The Morgan fingerprint density at radius 2 is 1.80 bits per heavy atom. The van der Waals surface area contributed by atoms with E-state index in [1.807, 2.05) is 13.0 Å². The molecule has 0 amide bonds. The van der Waals surface area contributed by atoms with E-state index in [9.17, 15) is 4.79 Å². The number of hydrogen-bond acceptors (Lipinski definition) is 5. The lowest BCUT2D eigenvalue weighted by molar-refractivity contribution is 0.0690. The van der Waals surface area contributed by atoms with Crippen LogP contribution in [0.15, 0.2) is 24.5 Å². The quantitative estimate of drug-likeness (QED) is 0.920. The molecule has 0 aliphatic carbocycles. The number of nitrogens with zero attached hydrogens (tertiary/aromatic N) is 2. The summed E-state index contributed by atoms with van der Waals surface area (Å²) in [6.07, 6.45) is 1.21. The van der Waals surface area contributed by atoms with E-state index < -0.39 is 5.97 Å². The highest BCUT2D eigenvalue weighted by Crippen LogP contribution is 2.34. The van der Waals surface area contributed by atoms with Crippen molar-refractivity contribution in [3.05, 3.63) is 35.8 Å². The van der Waals surface area contributed by atoms with E-state index in [1.54, 1.807) is 20.3 Å². The number of benzene rings is 1. The number of rotatable bonds is 4. The van der Waals surface area contributed by atoms with E-state index in [2.05, 4.69) is 9.97 Å². The van der Waals surface area contributed by atoms with Gasteiger partial charge in [0.05, 0.1) is 19.9 Å². The molecule has 0 fully saturated rings. The summed E-state index contributed by atoms with van der Waals surface area (Å²) >= 11 is 0. The standard InChI is InChI=1S/C14H14N2O4/c1-8-4-13(20-3)9(5-12(8)19-2)10-6-11(14(17)18)16-7-15-10/h4-7H,1-3H3,(H,17,18). The van der Waals surface area contributed by atoms with Gasteiger partial charge in [-0.25, -0.2) is 14.8 Å². The summed E-state index contributed by atoms with van der Waals surface area (Å²) in [6.45, 7) is 1.90. The van der Waals surface area contributed by atoms with Crippen LogP contribution >= 0.6 is 0 Å². The molecule has 1 aromatic heterocycles. The van der Waals surface area contributed by atoms with Crippen LogP contribution in [0.2, 0.25) is 0 Å². The van der Waals surface area contributed by atoms with Gasteiger partial charge < -0.3 is 14.6 Å². The summed E-state index contributed by atoms with van der Waals surface area (Å²) in [5.41, 5.74) is 1.96. The van der Waals surface area contributed by atoms with Crippen molar-refractivity contribution in [1.29, 1.82) is 0 Å². The first-order valence-electron chi connectivity index (χ1n) is 5.85. The lowest BCUT2D eigenvalue weighted by Crippen LogP contribution is -2.02. The van der Waals surface area contributed by atoms with Crippen molar-refractivity contribution in [2.24, 2.45) is 0 Å². The molecule has 6 heteroatoms. The zero-order valence-corrected chi connectivity index (χ0v) is 11.4. The average molecular weight is 274 g/mol. The Kier molecular flexibility index (Phi) is 3.84. The van der Waals surface area contributed by atoms with Gasteiger partial charge in [0.1, 0.15) is 17.8 Å². The third kappa shape index (κ3) is 2.54. The molecule has 0 aliphatic heterocycles. The maximum atomic E-state index is 11.0. The maximum absolute atomic E-state index is 11.0. The topological polar surface area (TPSA) is 81.5 Å². The molecule has 20 heavy (non-hydrogen) atoms. The molecule has 0 bridgehead atoms. The van der Waals surface area contributed by atoms with E-state index in [1.165, 1.54) is 12.4 Å². The van der Waals surface area contributed by atoms with Gasteiger partial charge in [-0.1, -0.05) is 0 Å². The Bertz CT molecular complexity index is 656. The van der Waals surface area contributed by atoms with Gasteiger partial charge in [0, 0.05) is 5.56 Å². The van der Waals surface area contributed by atoms with E-state index >= 15 is 0 Å². The molecule has 2 rings (SSSR count). The minimum absolute atomic E-state index is 0.0726. The van der Waals surface area contributed by atoms with Crippen LogP contribution in [-0.4, -0.2) is 35.3 Å². The fraction of sp³-hybridized carbons (Fsp3) is 0.214. The van der Waals surface area contributed by atoms with E-state index in [0.29, 0.717) is 22.8 Å². The van der Waals surface area contributed by atoms with Crippen molar-refractivity contribution in [3.8, 4) is 22.8 Å². The molecule has 0 spiro atoms. The molecular weight excluding hydrogens is 260 g/mol. The SMILES string of the molecule is COc1cc(-c2cc(C(=O)O)ncn2)c(OC)cc1C. The number of aryl methyl sites for hydroxylation is 1. The van der Waals surface area contributed by atoms with Crippen LogP contribution in [0.4, 0.5) is 0 Å². The molecule has 0 radical (unpaired) electrons. The molecule has 1 N–H and O–H groups in total. The van der Waals surface area contributed by atoms with Crippen LogP contribution in [0, 0.1) is 6.92 Å². The van der Waals surface area contributed by atoms with Gasteiger partial charge in [-0.2, -0.15) is 0 Å². The lowest BCUT2D eigenvalue weighted by atomic mass is 10.1. The highest BCUT2D eigenvalue weighted by atomic mass is 16.5. The Morgan fingerprint density at radius 1 is 1.10 bits per heavy atom. The number of carbonyl (C=O) groups is 1. The molecule has 0 atom stereocenters. The van der Waals surface area contributed by atoms with Crippen molar-refractivity contribution < 1.29 is 19.4 Å². The molecule has 0 unspecified atom stereocenters. The predicted octanol–water partition coefficient (Wildman–Crippen LogP) is 2.17. The van der Waals surface area contributed by atoms with Gasteiger partial charge in [-0.3, -0.25) is 0 Å². The molecule has 104 valence electrons. The van der Waals surface area contributed by atoms with Crippen molar-refractivity contribution in [2.75, 3.05) is 14.2 Å². The van der Waals surface area contributed by atoms with Crippen LogP contribution < -0.4 is 9.47 Å². The van der Waals surface area contributed by atoms with E-state index in [4.69, 9.17) is 14.6 Å². The van der Waals surface area contributed by atoms with Gasteiger partial charge >= 0.3 is 5.97 Å². The van der Waals surface area contributed by atoms with Crippen molar-refractivity contribution in [1.82, 2.24) is 9.97 Å². The summed E-state index contributed by atoms with van der Waals surface area (Å²) in [7, 11) is 3.12. The van der Waals surface area contributed by atoms with Crippen molar-refractivity contribution in [3.63, 3.8) is 0 Å². The molecule has 0 saturated carbocycles. The van der Waals surface area contributed by atoms with Gasteiger partial charge in [-0.15, -0.1) is 0 Å². The smallest absolute Gasteiger partial charge is 0.354 e. The second-order valence-electron chi connectivity index (χ2n) is 4.12. The fourth-order valence-electron chi connectivity index (χ4n) is 1.87. The molecule has 1 heterocycles. The molecule has 0 aliphatic rings. The van der Waals surface area contributed by atoms with Crippen LogP contribution in [0.5, 0.6) is 11.5 Å². The number of hydrogen-bond donors (Lipinski definition) is 1. The van der Waals surface area contributed by atoms with Gasteiger partial charge in [0.25, 0.3) is 0 Å². The first-order valence-corrected chi connectivity index (χ1v) is 5.85. The van der Waals surface area contributed by atoms with Crippen LogP contribution in [0.1, 0.15) is 16.1 Å². The first kappa shape index (κ1) is 13.8. The van der Waals surface area contributed by atoms with Crippen molar-refractivity contribution in [2.45, 2.75) is 6.92 Å². The van der Waals surface area contributed by atoms with Crippen LogP contribution in [0.25, 0.3) is 11.3 Å². The normalized spacial score (nSPS) is 10.2. The summed E-state index contributed by atoms with van der Waals surface area (Å²) in [5.74, 6) is 0.168. The number of ether oxygens (including phenoxy) is 2. The second-order valence-corrected chi connectivity index (χ2v) is 4.12. The van der Waals surface area contributed by atoms with Gasteiger partial charge in [0.15, 0.2) is 5.69 Å². The Labute approximate surface area is 116 Å². The van der Waals surface area contributed by atoms with Crippen LogP contribution in [-0.2, 0) is 0 Å². The summed E-state index contributed by atoms with van der Waals surface area (Å²) in [5, 5.41) is 8.98. The highest BCUT2D eigenvalue weighted by molar-refractivity contribution is 5.87. The number of carboxylic acids is 1. The highest BCUT2D eigenvalue weighted by Gasteiger charge is 2.14. The minimum atomic E-state index is -1.10. The van der Waals surface area contributed by atoms with E-state index in [-0.39, 0.29) is 5.69 Å². The summed E-state index contributed by atoms with van der Waals surface area (Å²) in [4.78, 5) is 18.8. The summed E-state index contributed by atoms with van der Waals surface area (Å²) in [6, 6.07) is 4.98. The maximum Gasteiger partial charge on any atom is 0.354 e. The first-order chi connectivity index (χ1) is 9.56. The molecule has 1 aromatic carbocycles. The predicted molar refractivity (Wildman–Crippen MR) is 72.3 cm³/mol. The van der Waals surface area contributed by atoms with Gasteiger partial charge in [0.2, 0.25) is 0 Å². The zero-order chi connectivity index (χ0) is 14.7. The Balaban J connectivity index is 2.61. The van der Waals surface area contributed by atoms with E-state index in [0.717, 1.165) is 5.56 Å². The summed E-state index contributed by atoms with van der Waals surface area (Å²) < 4.78 is 10.6.